The molecule has 0 amide bonds. The van der Waals surface area contributed by atoms with Gasteiger partial charge in [0.25, 0.3) is 0 Å². The molecule has 0 fully saturated rings. The highest BCUT2D eigenvalue weighted by atomic mass is 28.4. The van der Waals surface area contributed by atoms with E-state index in [4.69, 9.17) is 13.9 Å². The van der Waals surface area contributed by atoms with Crippen molar-refractivity contribution >= 4 is 22.7 Å². The summed E-state index contributed by atoms with van der Waals surface area (Å²) in [6.07, 6.45) is 1.61. The predicted octanol–water partition coefficient (Wildman–Crippen LogP) is 7.64. The number of aldehydes is 1. The Balaban J connectivity index is 3.02. The van der Waals surface area contributed by atoms with Gasteiger partial charge in [-0.25, -0.2) is 0 Å². The standard InChI is InChI=1S/C29H50O4Si2/c1-11-35(12-2,13-3)20-14-15-24(4)21-27(33-34(9,10)29(5,6)7)28(22-30)32-23-25-16-18-26(31-8)19-17-25/h16-19,22,24,27-28H,11-13,15,21,23H2,1-10H3/t24-,27-,28+/m1/s1. The summed E-state index contributed by atoms with van der Waals surface area (Å²) in [7, 11) is -1.90. The van der Waals surface area contributed by atoms with Gasteiger partial charge in [-0.1, -0.05) is 60.6 Å². The first-order valence-corrected chi connectivity index (χ1v) is 18.8. The SMILES string of the molecule is CC[Si](C#CC[C@@H](C)C[C@@H](O[Si](C)(C)C(C)(C)C)[C@H](C=O)OCc1ccc(OC)cc1)(CC)CC. The summed E-state index contributed by atoms with van der Waals surface area (Å²) in [5.74, 6) is 4.65. The normalized spacial score (nSPS) is 15.0. The summed E-state index contributed by atoms with van der Waals surface area (Å²) in [5.41, 5.74) is 4.71. The fourth-order valence-corrected chi connectivity index (χ4v) is 7.71. The zero-order chi connectivity index (χ0) is 26.7. The lowest BCUT2D eigenvalue weighted by Crippen LogP contribution is -2.48. The van der Waals surface area contributed by atoms with Crippen LogP contribution < -0.4 is 4.74 Å². The molecule has 35 heavy (non-hydrogen) atoms. The largest absolute Gasteiger partial charge is 0.497 e. The van der Waals surface area contributed by atoms with Crippen LogP contribution in [-0.4, -0.2) is 42.0 Å². The van der Waals surface area contributed by atoms with Crippen LogP contribution in [-0.2, 0) is 20.6 Å². The van der Waals surface area contributed by atoms with Gasteiger partial charge < -0.3 is 18.7 Å². The summed E-state index contributed by atoms with van der Waals surface area (Å²) in [4.78, 5) is 12.2. The van der Waals surface area contributed by atoms with Crippen molar-refractivity contribution in [3.05, 3.63) is 29.8 Å². The van der Waals surface area contributed by atoms with Crippen LogP contribution in [0, 0.1) is 17.4 Å². The van der Waals surface area contributed by atoms with E-state index in [2.05, 4.69) is 73.0 Å². The molecular weight excluding hydrogens is 468 g/mol. The number of carbonyl (C=O) groups excluding carboxylic acids is 1. The molecule has 1 aromatic rings. The van der Waals surface area contributed by atoms with Gasteiger partial charge in [0.2, 0.25) is 0 Å². The molecule has 4 nitrogen and oxygen atoms in total. The van der Waals surface area contributed by atoms with Crippen molar-refractivity contribution in [3.8, 4) is 17.2 Å². The summed E-state index contributed by atoms with van der Waals surface area (Å²) in [5, 5.41) is 0.0479. The van der Waals surface area contributed by atoms with Gasteiger partial charge in [-0.3, -0.25) is 0 Å². The van der Waals surface area contributed by atoms with Crippen LogP contribution in [0.3, 0.4) is 0 Å². The van der Waals surface area contributed by atoms with Crippen molar-refractivity contribution in [3.63, 3.8) is 0 Å². The van der Waals surface area contributed by atoms with Crippen LogP contribution in [0.25, 0.3) is 0 Å². The maximum Gasteiger partial charge on any atom is 0.192 e. The van der Waals surface area contributed by atoms with Crippen LogP contribution in [0.15, 0.2) is 24.3 Å². The molecule has 0 saturated carbocycles. The van der Waals surface area contributed by atoms with Crippen LogP contribution >= 0.6 is 0 Å². The molecule has 0 N–H and O–H groups in total. The molecular formula is C29H50O4Si2. The maximum atomic E-state index is 12.2. The minimum absolute atomic E-state index is 0.0479. The van der Waals surface area contributed by atoms with Crippen molar-refractivity contribution in [2.24, 2.45) is 5.92 Å². The Kier molecular flexibility index (Phi) is 13.0. The van der Waals surface area contributed by atoms with E-state index in [-0.39, 0.29) is 11.1 Å². The number of carbonyl (C=O) groups is 1. The quantitative estimate of drug-likeness (QED) is 0.144. The lowest BCUT2D eigenvalue weighted by atomic mass is 9.98. The average Bonchev–Trinajstić information content (AvgIpc) is 2.82. The monoisotopic (exact) mass is 518 g/mol. The molecule has 0 saturated heterocycles. The molecule has 6 heteroatoms. The van der Waals surface area contributed by atoms with Gasteiger partial charge in [-0.15, -0.1) is 11.5 Å². The molecule has 1 rings (SSSR count). The van der Waals surface area contributed by atoms with Crippen LogP contribution in [0.2, 0.25) is 36.3 Å². The first-order valence-electron chi connectivity index (χ1n) is 13.2. The molecule has 1 aromatic carbocycles. The van der Waals surface area contributed by atoms with E-state index in [1.54, 1.807) is 7.11 Å². The number of rotatable bonds is 14. The van der Waals surface area contributed by atoms with Crippen molar-refractivity contribution in [2.75, 3.05) is 7.11 Å². The lowest BCUT2D eigenvalue weighted by molar-refractivity contribution is -0.126. The van der Waals surface area contributed by atoms with E-state index in [0.29, 0.717) is 12.5 Å². The molecule has 0 aliphatic carbocycles. The summed E-state index contributed by atoms with van der Waals surface area (Å²) < 4.78 is 18.2. The third-order valence-electron chi connectivity index (χ3n) is 7.82. The van der Waals surface area contributed by atoms with Gasteiger partial charge in [0.1, 0.15) is 19.9 Å². The molecule has 0 radical (unpaired) electrons. The van der Waals surface area contributed by atoms with Crippen LogP contribution in [0.4, 0.5) is 0 Å². The number of methoxy groups -OCH3 is 1. The van der Waals surface area contributed by atoms with Crippen molar-refractivity contribution < 1.29 is 18.7 Å². The average molecular weight is 519 g/mol. The second-order valence-electron chi connectivity index (χ2n) is 11.4. The Morgan fingerprint density at radius 3 is 2.06 bits per heavy atom. The highest BCUT2D eigenvalue weighted by Crippen LogP contribution is 2.38. The van der Waals surface area contributed by atoms with Gasteiger partial charge in [-0.05, 0) is 66.3 Å². The van der Waals surface area contributed by atoms with Gasteiger partial charge in [0, 0.05) is 6.42 Å². The Labute approximate surface area is 217 Å². The van der Waals surface area contributed by atoms with E-state index < -0.39 is 22.5 Å². The lowest BCUT2D eigenvalue weighted by Gasteiger charge is -2.41. The van der Waals surface area contributed by atoms with E-state index >= 15 is 0 Å². The van der Waals surface area contributed by atoms with E-state index in [0.717, 1.165) is 30.4 Å². The smallest absolute Gasteiger partial charge is 0.192 e. The van der Waals surface area contributed by atoms with Crippen molar-refractivity contribution in [1.82, 2.24) is 0 Å². The van der Waals surface area contributed by atoms with E-state index in [1.165, 1.54) is 18.1 Å². The summed E-state index contributed by atoms with van der Waals surface area (Å²) in [6, 6.07) is 11.4. The van der Waals surface area contributed by atoms with Gasteiger partial charge in [0.15, 0.2) is 14.6 Å². The minimum Gasteiger partial charge on any atom is -0.497 e. The number of hydrogen-bond donors (Lipinski definition) is 0. The van der Waals surface area contributed by atoms with Crippen LogP contribution in [0.1, 0.15) is 66.9 Å². The third-order valence-corrected chi connectivity index (χ3v) is 17.1. The summed E-state index contributed by atoms with van der Waals surface area (Å²) >= 11 is 0. The Morgan fingerprint density at radius 1 is 1.03 bits per heavy atom. The zero-order valence-electron chi connectivity index (χ0n) is 24.0. The molecule has 198 valence electrons. The second kappa shape index (κ2) is 14.4. The molecule has 0 aliphatic rings. The number of ether oxygens (including phenoxy) is 2. The summed E-state index contributed by atoms with van der Waals surface area (Å²) in [6.45, 7) is 20.6. The fraction of sp³-hybridized carbons (Fsp3) is 0.690. The molecule has 0 aromatic heterocycles. The van der Waals surface area contributed by atoms with Gasteiger partial charge in [-0.2, -0.15) is 0 Å². The Hall–Kier alpha value is -1.40. The zero-order valence-corrected chi connectivity index (χ0v) is 26.0. The van der Waals surface area contributed by atoms with Gasteiger partial charge in [0.05, 0.1) is 19.8 Å². The third kappa shape index (κ3) is 9.88. The van der Waals surface area contributed by atoms with Crippen molar-refractivity contribution in [2.45, 2.75) is 116 Å². The number of benzene rings is 1. The number of hydrogen-bond acceptors (Lipinski definition) is 4. The molecule has 0 aliphatic heterocycles. The highest BCUT2D eigenvalue weighted by Gasteiger charge is 2.41. The highest BCUT2D eigenvalue weighted by molar-refractivity contribution is 6.87. The first kappa shape index (κ1) is 31.6. The minimum atomic E-state index is -2.10. The Bertz CT molecular complexity index is 806. The Morgan fingerprint density at radius 2 is 1.60 bits per heavy atom. The first-order chi connectivity index (χ1) is 16.4. The second-order valence-corrected chi connectivity index (χ2v) is 21.1. The fourth-order valence-electron chi connectivity index (χ4n) is 3.86. The molecule has 0 unspecified atom stereocenters. The predicted molar refractivity (Wildman–Crippen MR) is 153 cm³/mol. The maximum absolute atomic E-state index is 12.2. The van der Waals surface area contributed by atoms with Crippen LogP contribution in [0.5, 0.6) is 5.75 Å². The molecule has 0 heterocycles. The van der Waals surface area contributed by atoms with Gasteiger partial charge >= 0.3 is 0 Å². The molecule has 0 bridgehead atoms. The van der Waals surface area contributed by atoms with E-state index in [9.17, 15) is 4.79 Å². The van der Waals surface area contributed by atoms with E-state index in [1.807, 2.05) is 24.3 Å². The van der Waals surface area contributed by atoms with Crippen molar-refractivity contribution in [1.29, 1.82) is 0 Å². The molecule has 0 spiro atoms. The molecule has 3 atom stereocenters. The topological polar surface area (TPSA) is 44.8 Å².